The minimum Gasteiger partial charge on any atom is -0.506 e. The van der Waals surface area contributed by atoms with E-state index in [1.54, 1.807) is 0 Å². The van der Waals surface area contributed by atoms with Gasteiger partial charge in [0, 0.05) is 4.47 Å². The van der Waals surface area contributed by atoms with E-state index in [9.17, 15) is 5.11 Å². The zero-order valence-electron chi connectivity index (χ0n) is 8.26. The molecule has 1 aliphatic rings. The van der Waals surface area contributed by atoms with Crippen LogP contribution < -0.4 is 5.32 Å². The number of halogens is 2. The maximum Gasteiger partial charge on any atom is 0.138 e. The van der Waals surface area contributed by atoms with E-state index in [-0.39, 0.29) is 5.75 Å². The largest absolute Gasteiger partial charge is 0.506 e. The van der Waals surface area contributed by atoms with Crippen LogP contribution in [0, 0.1) is 5.92 Å². The molecule has 1 fully saturated rings. The Bertz CT molecular complexity index is 364. The number of phenolic OH excluding ortho intramolecular Hbond substituents is 1. The summed E-state index contributed by atoms with van der Waals surface area (Å²) in [6, 6.07) is 3.82. The Morgan fingerprint density at radius 2 is 2.33 bits per heavy atom. The van der Waals surface area contributed by atoms with Crippen LogP contribution in [0.3, 0.4) is 0 Å². The zero-order valence-corrected chi connectivity index (χ0v) is 10.6. The normalized spacial score (nSPS) is 20.8. The van der Waals surface area contributed by atoms with Crippen LogP contribution in [0.1, 0.15) is 12.0 Å². The maximum absolute atomic E-state index is 9.86. The molecule has 2 nitrogen and oxygen atoms in total. The monoisotopic (exact) mass is 289 g/mol. The first kappa shape index (κ1) is 11.2. The molecule has 1 saturated heterocycles. The van der Waals surface area contributed by atoms with Gasteiger partial charge >= 0.3 is 0 Å². The number of nitrogens with one attached hydrogen (secondary N) is 1. The molecular weight excluding hydrogens is 277 g/mol. The van der Waals surface area contributed by atoms with E-state index in [1.165, 1.54) is 6.42 Å². The van der Waals surface area contributed by atoms with Gasteiger partial charge in [-0.25, -0.2) is 0 Å². The molecule has 15 heavy (non-hydrogen) atoms. The zero-order chi connectivity index (χ0) is 10.8. The first-order valence-corrected chi connectivity index (χ1v) is 6.22. The Labute approximate surface area is 103 Å². The Hall–Kier alpha value is -0.250. The summed E-state index contributed by atoms with van der Waals surface area (Å²) in [5.41, 5.74) is 0.942. The lowest BCUT2D eigenvalue weighted by Gasteiger charge is -2.11. The highest BCUT2D eigenvalue weighted by molar-refractivity contribution is 9.10. The molecule has 0 aliphatic carbocycles. The number of hydrogen-bond donors (Lipinski definition) is 2. The lowest BCUT2D eigenvalue weighted by molar-refractivity contribution is 0.459. The van der Waals surface area contributed by atoms with Crippen LogP contribution in [-0.4, -0.2) is 18.2 Å². The molecule has 1 aliphatic heterocycles. The molecule has 1 atom stereocenters. The SMILES string of the molecule is Oc1c(CC2CCNC2)ccc(Br)c1Cl. The minimum atomic E-state index is 0.220. The third-order valence-electron chi connectivity index (χ3n) is 2.82. The lowest BCUT2D eigenvalue weighted by atomic mass is 9.98. The second-order valence-electron chi connectivity index (χ2n) is 3.93. The Morgan fingerprint density at radius 3 is 3.00 bits per heavy atom. The van der Waals surface area contributed by atoms with Crippen molar-refractivity contribution in [1.29, 1.82) is 0 Å². The van der Waals surface area contributed by atoms with Crippen LogP contribution in [0.5, 0.6) is 5.75 Å². The summed E-state index contributed by atoms with van der Waals surface area (Å²) >= 11 is 9.24. The van der Waals surface area contributed by atoms with Gasteiger partial charge in [-0.2, -0.15) is 0 Å². The molecule has 0 radical (unpaired) electrons. The topological polar surface area (TPSA) is 32.3 Å². The molecule has 1 aromatic rings. The first-order chi connectivity index (χ1) is 7.18. The van der Waals surface area contributed by atoms with Crippen LogP contribution in [0.2, 0.25) is 5.02 Å². The molecule has 82 valence electrons. The van der Waals surface area contributed by atoms with Crippen molar-refractivity contribution < 1.29 is 5.11 Å². The van der Waals surface area contributed by atoms with Crippen LogP contribution in [0.4, 0.5) is 0 Å². The molecule has 2 N–H and O–H groups in total. The van der Waals surface area contributed by atoms with Crippen molar-refractivity contribution >= 4 is 27.5 Å². The quantitative estimate of drug-likeness (QED) is 0.878. The van der Waals surface area contributed by atoms with Gasteiger partial charge in [0.1, 0.15) is 5.75 Å². The van der Waals surface area contributed by atoms with Crippen molar-refractivity contribution in [3.8, 4) is 5.75 Å². The van der Waals surface area contributed by atoms with Crippen molar-refractivity contribution in [3.63, 3.8) is 0 Å². The molecule has 0 bridgehead atoms. The van der Waals surface area contributed by atoms with Gasteiger partial charge < -0.3 is 10.4 Å². The van der Waals surface area contributed by atoms with E-state index in [2.05, 4.69) is 21.2 Å². The third-order valence-corrected chi connectivity index (χ3v) is 4.10. The summed E-state index contributed by atoms with van der Waals surface area (Å²) in [6.07, 6.45) is 2.07. The van der Waals surface area contributed by atoms with Gasteiger partial charge in [-0.05, 0) is 59.4 Å². The number of benzene rings is 1. The highest BCUT2D eigenvalue weighted by Crippen LogP contribution is 2.35. The summed E-state index contributed by atoms with van der Waals surface area (Å²) in [4.78, 5) is 0. The lowest BCUT2D eigenvalue weighted by Crippen LogP contribution is -2.10. The van der Waals surface area contributed by atoms with Crippen molar-refractivity contribution in [2.45, 2.75) is 12.8 Å². The summed E-state index contributed by atoms with van der Waals surface area (Å²) < 4.78 is 0.745. The van der Waals surface area contributed by atoms with Gasteiger partial charge in [-0.15, -0.1) is 0 Å². The van der Waals surface area contributed by atoms with E-state index in [4.69, 9.17) is 11.6 Å². The van der Waals surface area contributed by atoms with E-state index in [0.717, 1.165) is 29.5 Å². The minimum absolute atomic E-state index is 0.220. The van der Waals surface area contributed by atoms with E-state index in [0.29, 0.717) is 10.9 Å². The number of rotatable bonds is 2. The Balaban J connectivity index is 2.17. The molecule has 0 aromatic heterocycles. The van der Waals surface area contributed by atoms with Gasteiger partial charge in [-0.3, -0.25) is 0 Å². The summed E-state index contributed by atoms with van der Waals surface area (Å²) in [5.74, 6) is 0.839. The van der Waals surface area contributed by atoms with E-state index in [1.807, 2.05) is 12.1 Å². The van der Waals surface area contributed by atoms with Gasteiger partial charge in [0.2, 0.25) is 0 Å². The van der Waals surface area contributed by atoms with Crippen molar-refractivity contribution in [3.05, 3.63) is 27.2 Å². The average molecular weight is 291 g/mol. The van der Waals surface area contributed by atoms with Crippen LogP contribution >= 0.6 is 27.5 Å². The average Bonchev–Trinajstić information content (AvgIpc) is 2.72. The number of aromatic hydroxyl groups is 1. The third kappa shape index (κ3) is 2.47. The standard InChI is InChI=1S/C11H13BrClNO/c12-9-2-1-8(11(15)10(9)13)5-7-3-4-14-6-7/h1-2,7,14-15H,3-6H2. The first-order valence-electron chi connectivity index (χ1n) is 5.05. The van der Waals surface area contributed by atoms with Gasteiger partial charge in [0.15, 0.2) is 0 Å². The maximum atomic E-state index is 9.86. The van der Waals surface area contributed by atoms with Gasteiger partial charge in [0.05, 0.1) is 5.02 Å². The second-order valence-corrected chi connectivity index (χ2v) is 5.16. The van der Waals surface area contributed by atoms with Crippen LogP contribution in [0.15, 0.2) is 16.6 Å². The van der Waals surface area contributed by atoms with Gasteiger partial charge in [0.25, 0.3) is 0 Å². The van der Waals surface area contributed by atoms with Crippen LogP contribution in [0.25, 0.3) is 0 Å². The molecule has 0 saturated carbocycles. The molecule has 0 spiro atoms. The predicted octanol–water partition coefficient (Wildman–Crippen LogP) is 2.96. The smallest absolute Gasteiger partial charge is 0.138 e. The molecule has 1 aromatic carbocycles. The fraction of sp³-hybridized carbons (Fsp3) is 0.455. The van der Waals surface area contributed by atoms with E-state index >= 15 is 0 Å². The number of hydrogen-bond acceptors (Lipinski definition) is 2. The Kier molecular flexibility index (Phi) is 3.54. The molecule has 1 unspecified atom stereocenters. The second kappa shape index (κ2) is 4.73. The van der Waals surface area contributed by atoms with Gasteiger partial charge in [-0.1, -0.05) is 17.7 Å². The number of phenols is 1. The predicted molar refractivity (Wildman–Crippen MR) is 65.5 cm³/mol. The summed E-state index contributed by atoms with van der Waals surface area (Å²) in [6.45, 7) is 2.11. The molecule has 1 heterocycles. The van der Waals surface area contributed by atoms with Crippen molar-refractivity contribution in [2.24, 2.45) is 5.92 Å². The summed E-state index contributed by atoms with van der Waals surface area (Å²) in [5, 5.41) is 13.6. The summed E-state index contributed by atoms with van der Waals surface area (Å²) in [7, 11) is 0. The highest BCUT2D eigenvalue weighted by Gasteiger charge is 2.18. The van der Waals surface area contributed by atoms with E-state index < -0.39 is 0 Å². The van der Waals surface area contributed by atoms with Crippen molar-refractivity contribution in [1.82, 2.24) is 5.32 Å². The van der Waals surface area contributed by atoms with Crippen molar-refractivity contribution in [2.75, 3.05) is 13.1 Å². The molecular formula is C11H13BrClNO. The van der Waals surface area contributed by atoms with Crippen LogP contribution in [-0.2, 0) is 6.42 Å². The fourth-order valence-corrected chi connectivity index (χ4v) is 2.45. The highest BCUT2D eigenvalue weighted by atomic mass is 79.9. The Morgan fingerprint density at radius 1 is 1.53 bits per heavy atom. The molecule has 2 rings (SSSR count). The fourth-order valence-electron chi connectivity index (χ4n) is 1.94. The molecule has 4 heteroatoms. The molecule has 0 amide bonds.